The van der Waals surface area contributed by atoms with Crippen molar-refractivity contribution in [2.45, 2.75) is 18.3 Å². The van der Waals surface area contributed by atoms with Gasteiger partial charge in [-0.1, -0.05) is 0 Å². The highest BCUT2D eigenvalue weighted by molar-refractivity contribution is 5.31. The predicted octanol–water partition coefficient (Wildman–Crippen LogP) is 0.157. The minimum Gasteiger partial charge on any atom is -0.382 e. The standard InChI is InChI=1S/C8H12F3N5/c9-8(10,11)7-6(13-1-2-14-7)4-3-5(12)16-15-4/h3,6-7,13-14H,1-2H2,(H3,12,15,16). The Kier molecular flexibility index (Phi) is 2.76. The van der Waals surface area contributed by atoms with Gasteiger partial charge in [-0.15, -0.1) is 0 Å². The molecule has 2 atom stereocenters. The Morgan fingerprint density at radius 3 is 2.56 bits per heavy atom. The second-order valence-corrected chi connectivity index (χ2v) is 3.65. The molecule has 1 aliphatic heterocycles. The molecule has 0 aromatic carbocycles. The molecule has 1 fully saturated rings. The number of anilines is 1. The summed E-state index contributed by atoms with van der Waals surface area (Å²) >= 11 is 0. The molecule has 8 heteroatoms. The van der Waals surface area contributed by atoms with Crippen LogP contribution in [0.3, 0.4) is 0 Å². The van der Waals surface area contributed by atoms with Gasteiger partial charge in [0.2, 0.25) is 0 Å². The van der Waals surface area contributed by atoms with Crippen molar-refractivity contribution in [1.82, 2.24) is 20.8 Å². The van der Waals surface area contributed by atoms with Gasteiger partial charge in [0.1, 0.15) is 11.9 Å². The van der Waals surface area contributed by atoms with Crippen LogP contribution in [0.4, 0.5) is 19.0 Å². The molecule has 1 aromatic rings. The number of alkyl halides is 3. The molecular formula is C8H12F3N5. The van der Waals surface area contributed by atoms with Gasteiger partial charge < -0.3 is 16.4 Å². The van der Waals surface area contributed by atoms with E-state index in [-0.39, 0.29) is 12.4 Å². The Morgan fingerprint density at radius 1 is 1.31 bits per heavy atom. The number of nitrogens with one attached hydrogen (secondary N) is 3. The molecule has 1 saturated heterocycles. The van der Waals surface area contributed by atoms with E-state index >= 15 is 0 Å². The number of nitrogens with two attached hydrogens (primary N) is 1. The van der Waals surface area contributed by atoms with Crippen LogP contribution < -0.4 is 16.4 Å². The summed E-state index contributed by atoms with van der Waals surface area (Å²) in [5.41, 5.74) is 5.71. The topological polar surface area (TPSA) is 78.8 Å². The van der Waals surface area contributed by atoms with Crippen molar-refractivity contribution in [2.24, 2.45) is 0 Å². The molecule has 90 valence electrons. The van der Waals surface area contributed by atoms with E-state index in [1.165, 1.54) is 6.07 Å². The Labute approximate surface area is 89.6 Å². The molecule has 0 aliphatic carbocycles. The summed E-state index contributed by atoms with van der Waals surface area (Å²) < 4.78 is 38.1. The van der Waals surface area contributed by atoms with Crippen molar-refractivity contribution in [1.29, 1.82) is 0 Å². The van der Waals surface area contributed by atoms with E-state index in [1.807, 2.05) is 0 Å². The molecule has 2 unspecified atom stereocenters. The predicted molar refractivity (Wildman–Crippen MR) is 51.6 cm³/mol. The molecule has 5 nitrogen and oxygen atoms in total. The third-order valence-corrected chi connectivity index (χ3v) is 2.49. The van der Waals surface area contributed by atoms with Gasteiger partial charge in [-0.05, 0) is 0 Å². The summed E-state index contributed by atoms with van der Waals surface area (Å²) in [6.45, 7) is 0.750. The molecule has 0 radical (unpaired) electrons. The van der Waals surface area contributed by atoms with Crippen molar-refractivity contribution >= 4 is 5.82 Å². The first-order valence-electron chi connectivity index (χ1n) is 4.83. The maximum absolute atomic E-state index is 12.7. The Bertz CT molecular complexity index is 361. The molecule has 16 heavy (non-hydrogen) atoms. The molecule has 2 rings (SSSR count). The van der Waals surface area contributed by atoms with E-state index in [2.05, 4.69) is 20.8 Å². The summed E-state index contributed by atoms with van der Waals surface area (Å²) in [5, 5.41) is 11.4. The molecular weight excluding hydrogens is 223 g/mol. The van der Waals surface area contributed by atoms with Crippen molar-refractivity contribution in [3.8, 4) is 0 Å². The number of H-pyrrole nitrogens is 1. The fraction of sp³-hybridized carbons (Fsp3) is 0.625. The maximum Gasteiger partial charge on any atom is 0.405 e. The van der Waals surface area contributed by atoms with Crippen LogP contribution in [0.2, 0.25) is 0 Å². The molecule has 0 amide bonds. The SMILES string of the molecule is Nc1cc(C2NCCNC2C(F)(F)F)[nH]n1. The van der Waals surface area contributed by atoms with Crippen LogP contribution in [-0.4, -0.2) is 35.5 Å². The van der Waals surface area contributed by atoms with Gasteiger partial charge >= 0.3 is 6.18 Å². The van der Waals surface area contributed by atoms with Crippen LogP contribution in [-0.2, 0) is 0 Å². The van der Waals surface area contributed by atoms with E-state index in [4.69, 9.17) is 5.73 Å². The summed E-state index contributed by atoms with van der Waals surface area (Å²) in [7, 11) is 0. The van der Waals surface area contributed by atoms with Gasteiger partial charge in [-0.3, -0.25) is 5.10 Å². The highest BCUT2D eigenvalue weighted by Crippen LogP contribution is 2.31. The monoisotopic (exact) mass is 235 g/mol. The van der Waals surface area contributed by atoms with Crippen molar-refractivity contribution in [3.05, 3.63) is 11.8 Å². The number of hydrogen-bond donors (Lipinski definition) is 4. The molecule has 0 saturated carbocycles. The van der Waals surface area contributed by atoms with Crippen LogP contribution in [0.5, 0.6) is 0 Å². The Morgan fingerprint density at radius 2 is 2.00 bits per heavy atom. The summed E-state index contributed by atoms with van der Waals surface area (Å²) in [4.78, 5) is 0. The highest BCUT2D eigenvalue weighted by atomic mass is 19.4. The quantitative estimate of drug-likeness (QED) is 0.559. The number of piperazine rings is 1. The molecule has 5 N–H and O–H groups in total. The third-order valence-electron chi connectivity index (χ3n) is 2.49. The Hall–Kier alpha value is -1.28. The lowest BCUT2D eigenvalue weighted by Gasteiger charge is -2.34. The molecule has 0 spiro atoms. The largest absolute Gasteiger partial charge is 0.405 e. The van der Waals surface area contributed by atoms with Gasteiger partial charge in [0.15, 0.2) is 0 Å². The van der Waals surface area contributed by atoms with Crippen LogP contribution in [0.1, 0.15) is 11.7 Å². The molecule has 1 aromatic heterocycles. The zero-order chi connectivity index (χ0) is 11.8. The highest BCUT2D eigenvalue weighted by Gasteiger charge is 2.46. The molecule has 1 aliphatic rings. The second-order valence-electron chi connectivity index (χ2n) is 3.65. The lowest BCUT2D eigenvalue weighted by Crippen LogP contribution is -2.57. The van der Waals surface area contributed by atoms with Crippen molar-refractivity contribution < 1.29 is 13.2 Å². The van der Waals surface area contributed by atoms with E-state index in [1.54, 1.807) is 0 Å². The van der Waals surface area contributed by atoms with Gasteiger partial charge in [-0.2, -0.15) is 18.3 Å². The van der Waals surface area contributed by atoms with Crippen LogP contribution in [0.15, 0.2) is 6.07 Å². The lowest BCUT2D eigenvalue weighted by molar-refractivity contribution is -0.166. The summed E-state index contributed by atoms with van der Waals surface area (Å²) in [6.07, 6.45) is -4.31. The smallest absolute Gasteiger partial charge is 0.382 e. The summed E-state index contributed by atoms with van der Waals surface area (Å²) in [5.74, 6) is 0.184. The van der Waals surface area contributed by atoms with Crippen LogP contribution in [0, 0.1) is 0 Å². The number of halogens is 3. The number of nitrogen functional groups attached to an aromatic ring is 1. The first kappa shape index (κ1) is 11.2. The van der Waals surface area contributed by atoms with Gasteiger partial charge in [0.25, 0.3) is 0 Å². The van der Waals surface area contributed by atoms with Crippen LogP contribution in [0.25, 0.3) is 0 Å². The zero-order valence-corrected chi connectivity index (χ0v) is 8.30. The van der Waals surface area contributed by atoms with Gasteiger partial charge in [0.05, 0.1) is 11.7 Å². The van der Waals surface area contributed by atoms with E-state index in [0.29, 0.717) is 12.2 Å². The van der Waals surface area contributed by atoms with E-state index < -0.39 is 18.3 Å². The van der Waals surface area contributed by atoms with Crippen LogP contribution >= 0.6 is 0 Å². The minimum absolute atomic E-state index is 0.184. The maximum atomic E-state index is 12.7. The number of aromatic nitrogens is 2. The van der Waals surface area contributed by atoms with Crippen molar-refractivity contribution in [3.63, 3.8) is 0 Å². The first-order chi connectivity index (χ1) is 7.48. The first-order valence-corrected chi connectivity index (χ1v) is 4.83. The fourth-order valence-electron chi connectivity index (χ4n) is 1.80. The number of aromatic amines is 1. The van der Waals surface area contributed by atoms with Crippen molar-refractivity contribution in [2.75, 3.05) is 18.8 Å². The molecule has 0 bridgehead atoms. The average molecular weight is 235 g/mol. The summed E-state index contributed by atoms with van der Waals surface area (Å²) in [6, 6.07) is -1.09. The second kappa shape index (κ2) is 3.95. The van der Waals surface area contributed by atoms with Gasteiger partial charge in [0, 0.05) is 19.2 Å². The Balaban J connectivity index is 2.23. The normalized spacial score (nSPS) is 26.9. The van der Waals surface area contributed by atoms with E-state index in [0.717, 1.165) is 0 Å². The van der Waals surface area contributed by atoms with E-state index in [9.17, 15) is 13.2 Å². The fourth-order valence-corrected chi connectivity index (χ4v) is 1.80. The zero-order valence-electron chi connectivity index (χ0n) is 8.30. The average Bonchev–Trinajstić information content (AvgIpc) is 2.64. The number of nitrogens with zero attached hydrogens (tertiary/aromatic N) is 1. The van der Waals surface area contributed by atoms with Gasteiger partial charge in [-0.25, -0.2) is 0 Å². The molecule has 2 heterocycles. The third kappa shape index (κ3) is 2.12. The lowest BCUT2D eigenvalue weighted by atomic mass is 10.0. The minimum atomic E-state index is -4.31. The number of hydrogen-bond acceptors (Lipinski definition) is 4. The number of rotatable bonds is 1.